The highest BCUT2D eigenvalue weighted by Crippen LogP contribution is 2.23. The highest BCUT2D eigenvalue weighted by molar-refractivity contribution is 5.82. The molecule has 14 heavy (non-hydrogen) atoms. The van der Waals surface area contributed by atoms with Gasteiger partial charge >= 0.3 is 0 Å². The molecule has 2 aromatic rings. The molecule has 0 amide bonds. The monoisotopic (exact) mass is 189 g/mol. The summed E-state index contributed by atoms with van der Waals surface area (Å²) in [5, 5.41) is 1.51. The van der Waals surface area contributed by atoms with E-state index in [2.05, 4.69) is 18.8 Å². The summed E-state index contributed by atoms with van der Waals surface area (Å²) in [7, 11) is 0. The van der Waals surface area contributed by atoms with Gasteiger partial charge in [0.15, 0.2) is 0 Å². The van der Waals surface area contributed by atoms with Crippen molar-refractivity contribution in [2.24, 2.45) is 0 Å². The van der Waals surface area contributed by atoms with Gasteiger partial charge in [0.2, 0.25) is 0 Å². The quantitative estimate of drug-likeness (QED) is 0.669. The second kappa shape index (κ2) is 3.37. The Balaban J connectivity index is 2.72. The zero-order valence-corrected chi connectivity index (χ0v) is 8.29. The highest BCUT2D eigenvalue weighted by Gasteiger charge is 2.05. The Bertz CT molecular complexity index is 463. The Morgan fingerprint density at radius 2 is 2.07 bits per heavy atom. The van der Waals surface area contributed by atoms with Crippen LogP contribution in [0.5, 0.6) is 0 Å². The summed E-state index contributed by atoms with van der Waals surface area (Å²) >= 11 is 0. The number of rotatable bonds is 1. The second-order valence-corrected chi connectivity index (χ2v) is 3.75. The van der Waals surface area contributed by atoms with E-state index in [0.717, 1.165) is 10.9 Å². The van der Waals surface area contributed by atoms with E-state index in [-0.39, 0.29) is 5.82 Å². The zero-order chi connectivity index (χ0) is 10.1. The highest BCUT2D eigenvalue weighted by atomic mass is 19.1. The molecule has 1 nitrogen and oxygen atoms in total. The zero-order valence-electron chi connectivity index (χ0n) is 8.29. The second-order valence-electron chi connectivity index (χ2n) is 3.75. The number of pyridine rings is 1. The van der Waals surface area contributed by atoms with Crippen LogP contribution in [0.4, 0.5) is 4.39 Å². The van der Waals surface area contributed by atoms with Crippen molar-refractivity contribution in [1.82, 2.24) is 4.98 Å². The van der Waals surface area contributed by atoms with Crippen molar-refractivity contribution in [3.8, 4) is 0 Å². The molecule has 0 radical (unpaired) electrons. The van der Waals surface area contributed by atoms with Gasteiger partial charge in [-0.1, -0.05) is 19.9 Å². The summed E-state index contributed by atoms with van der Waals surface area (Å²) in [5.41, 5.74) is 1.03. The maximum atomic E-state index is 13.6. The molecule has 0 saturated heterocycles. The largest absolute Gasteiger partial charge is 0.264 e. The summed E-state index contributed by atoms with van der Waals surface area (Å²) in [4.78, 5) is 3.91. The van der Waals surface area contributed by atoms with E-state index in [1.807, 2.05) is 12.1 Å². The molecule has 0 aliphatic heterocycles. The summed E-state index contributed by atoms with van der Waals surface area (Å²) in [6.07, 6.45) is 3.25. The van der Waals surface area contributed by atoms with Crippen LogP contribution in [-0.2, 0) is 0 Å². The summed E-state index contributed by atoms with van der Waals surface area (Å²) < 4.78 is 13.6. The lowest BCUT2D eigenvalue weighted by Gasteiger charge is -2.07. The first-order chi connectivity index (χ1) is 6.68. The number of hydrogen-bond donors (Lipinski definition) is 0. The molecular formula is C12H12FN. The van der Waals surface area contributed by atoms with Crippen LogP contribution in [0.25, 0.3) is 10.8 Å². The Morgan fingerprint density at radius 1 is 1.29 bits per heavy atom. The van der Waals surface area contributed by atoms with Crippen LogP contribution in [0, 0.1) is 5.82 Å². The van der Waals surface area contributed by atoms with Crippen LogP contribution in [0.3, 0.4) is 0 Å². The fraction of sp³-hybridized carbons (Fsp3) is 0.250. The van der Waals surface area contributed by atoms with E-state index >= 15 is 0 Å². The van der Waals surface area contributed by atoms with Crippen LogP contribution in [0.15, 0.2) is 30.6 Å². The molecule has 0 atom stereocenters. The molecule has 0 unspecified atom stereocenters. The molecule has 72 valence electrons. The van der Waals surface area contributed by atoms with Crippen molar-refractivity contribution in [2.45, 2.75) is 19.8 Å². The lowest BCUT2D eigenvalue weighted by atomic mass is 10.00. The van der Waals surface area contributed by atoms with Gasteiger partial charge in [0, 0.05) is 17.8 Å². The summed E-state index contributed by atoms with van der Waals surface area (Å²) in [5.74, 6) is 0.168. The Labute approximate surface area is 82.6 Å². The molecule has 2 heteroatoms. The molecule has 0 aliphatic rings. The van der Waals surface area contributed by atoms with E-state index in [9.17, 15) is 4.39 Å². The van der Waals surface area contributed by atoms with E-state index in [4.69, 9.17) is 0 Å². The van der Waals surface area contributed by atoms with Gasteiger partial charge in [0.25, 0.3) is 0 Å². The van der Waals surface area contributed by atoms with Crippen LogP contribution in [0.2, 0.25) is 0 Å². The van der Waals surface area contributed by atoms with Crippen LogP contribution in [0.1, 0.15) is 25.3 Å². The van der Waals surface area contributed by atoms with Gasteiger partial charge in [-0.05, 0) is 29.0 Å². The van der Waals surface area contributed by atoms with Crippen molar-refractivity contribution < 1.29 is 4.39 Å². The van der Waals surface area contributed by atoms with Gasteiger partial charge in [0.1, 0.15) is 5.82 Å². The van der Waals surface area contributed by atoms with E-state index in [1.165, 1.54) is 0 Å². The van der Waals surface area contributed by atoms with Crippen molar-refractivity contribution in [2.75, 3.05) is 0 Å². The molecule has 0 fully saturated rings. The SMILES string of the molecule is CC(C)c1cc(F)c2cnccc2c1. The normalized spacial score (nSPS) is 11.1. The third-order valence-corrected chi connectivity index (χ3v) is 2.39. The number of halogens is 1. The Kier molecular flexibility index (Phi) is 2.20. The van der Waals surface area contributed by atoms with Gasteiger partial charge in [-0.25, -0.2) is 4.39 Å². The first-order valence-corrected chi connectivity index (χ1v) is 4.71. The van der Waals surface area contributed by atoms with Crippen LogP contribution in [-0.4, -0.2) is 4.98 Å². The van der Waals surface area contributed by atoms with Gasteiger partial charge in [-0.15, -0.1) is 0 Å². The predicted molar refractivity (Wildman–Crippen MR) is 55.8 cm³/mol. The van der Waals surface area contributed by atoms with E-state index in [0.29, 0.717) is 11.3 Å². The van der Waals surface area contributed by atoms with Crippen LogP contribution >= 0.6 is 0 Å². The third kappa shape index (κ3) is 1.48. The van der Waals surface area contributed by atoms with Gasteiger partial charge in [-0.3, -0.25) is 4.98 Å². The molecule has 1 aromatic heterocycles. The number of hydrogen-bond acceptors (Lipinski definition) is 1. The number of nitrogens with zero attached hydrogens (tertiary/aromatic N) is 1. The standard InChI is InChI=1S/C12H12FN/c1-8(2)10-5-9-3-4-14-7-11(9)12(13)6-10/h3-8H,1-2H3. The molecule has 0 aliphatic carbocycles. The number of fused-ring (bicyclic) bond motifs is 1. The maximum absolute atomic E-state index is 13.6. The lowest BCUT2D eigenvalue weighted by molar-refractivity contribution is 0.635. The molecule has 0 bridgehead atoms. The molecule has 0 spiro atoms. The topological polar surface area (TPSA) is 12.9 Å². The fourth-order valence-electron chi connectivity index (χ4n) is 1.51. The average molecular weight is 189 g/mol. The first-order valence-electron chi connectivity index (χ1n) is 4.71. The molecular weight excluding hydrogens is 177 g/mol. The summed E-state index contributed by atoms with van der Waals surface area (Å²) in [6.45, 7) is 4.11. The minimum absolute atomic E-state index is 0.181. The minimum Gasteiger partial charge on any atom is -0.264 e. The Hall–Kier alpha value is -1.44. The molecule has 2 rings (SSSR count). The van der Waals surface area contributed by atoms with Crippen molar-refractivity contribution >= 4 is 10.8 Å². The van der Waals surface area contributed by atoms with Crippen LogP contribution < -0.4 is 0 Å². The Morgan fingerprint density at radius 3 is 2.79 bits per heavy atom. The molecule has 1 aromatic carbocycles. The van der Waals surface area contributed by atoms with Gasteiger partial charge in [-0.2, -0.15) is 0 Å². The molecule has 0 N–H and O–H groups in total. The third-order valence-electron chi connectivity index (χ3n) is 2.39. The minimum atomic E-state index is -0.181. The molecule has 0 saturated carbocycles. The van der Waals surface area contributed by atoms with Crippen molar-refractivity contribution in [1.29, 1.82) is 0 Å². The number of aromatic nitrogens is 1. The first kappa shape index (κ1) is 9.13. The molecule has 1 heterocycles. The van der Waals surface area contributed by atoms with E-state index < -0.39 is 0 Å². The maximum Gasteiger partial charge on any atom is 0.132 e. The number of benzene rings is 1. The van der Waals surface area contributed by atoms with E-state index in [1.54, 1.807) is 18.5 Å². The lowest BCUT2D eigenvalue weighted by Crippen LogP contribution is -1.90. The summed E-state index contributed by atoms with van der Waals surface area (Å²) in [6, 6.07) is 5.45. The van der Waals surface area contributed by atoms with Gasteiger partial charge in [0.05, 0.1) is 0 Å². The van der Waals surface area contributed by atoms with Crippen molar-refractivity contribution in [3.63, 3.8) is 0 Å². The smallest absolute Gasteiger partial charge is 0.132 e. The predicted octanol–water partition coefficient (Wildman–Crippen LogP) is 3.50. The van der Waals surface area contributed by atoms with Crippen molar-refractivity contribution in [3.05, 3.63) is 42.0 Å². The van der Waals surface area contributed by atoms with Gasteiger partial charge < -0.3 is 0 Å². The average Bonchev–Trinajstić information content (AvgIpc) is 2.17. The fourth-order valence-corrected chi connectivity index (χ4v) is 1.51.